The number of aryl methyl sites for hydroxylation is 2. The van der Waals surface area contributed by atoms with E-state index in [0.717, 1.165) is 30.3 Å². The SMILES string of the molecule is Cc1cnc2c(c1NC(=O)C1CCCC1)c(=O)n(C)c(=O)n2C. The third-order valence-electron chi connectivity index (χ3n) is 4.63. The van der Waals surface area contributed by atoms with Gasteiger partial charge in [-0.15, -0.1) is 0 Å². The van der Waals surface area contributed by atoms with Gasteiger partial charge in [-0.3, -0.25) is 18.7 Å². The first-order valence-corrected chi connectivity index (χ1v) is 7.78. The zero-order chi connectivity index (χ0) is 16.7. The number of fused-ring (bicyclic) bond motifs is 1. The minimum atomic E-state index is -0.443. The number of carbonyl (C=O) groups is 1. The summed E-state index contributed by atoms with van der Waals surface area (Å²) in [6.45, 7) is 1.79. The molecule has 7 nitrogen and oxygen atoms in total. The Kier molecular flexibility index (Phi) is 3.79. The Balaban J connectivity index is 2.20. The Morgan fingerprint density at radius 1 is 1.22 bits per heavy atom. The lowest BCUT2D eigenvalue weighted by Crippen LogP contribution is -2.38. The minimum absolute atomic E-state index is 0.00556. The predicted octanol–water partition coefficient (Wildman–Crippen LogP) is 1.07. The lowest BCUT2D eigenvalue weighted by Gasteiger charge is -2.15. The van der Waals surface area contributed by atoms with E-state index in [1.165, 1.54) is 11.6 Å². The van der Waals surface area contributed by atoms with Gasteiger partial charge in [-0.05, 0) is 25.3 Å². The Labute approximate surface area is 133 Å². The molecule has 2 aromatic rings. The summed E-state index contributed by atoms with van der Waals surface area (Å²) in [5, 5.41) is 3.18. The maximum Gasteiger partial charge on any atom is 0.332 e. The van der Waals surface area contributed by atoms with Crippen LogP contribution in [0.3, 0.4) is 0 Å². The highest BCUT2D eigenvalue weighted by molar-refractivity contribution is 6.01. The molecule has 3 rings (SSSR count). The molecule has 0 radical (unpaired) electrons. The molecule has 1 saturated carbocycles. The van der Waals surface area contributed by atoms with Crippen molar-refractivity contribution >= 4 is 22.6 Å². The monoisotopic (exact) mass is 316 g/mol. The van der Waals surface area contributed by atoms with Gasteiger partial charge in [0.25, 0.3) is 5.56 Å². The summed E-state index contributed by atoms with van der Waals surface area (Å²) in [6, 6.07) is 0. The highest BCUT2D eigenvalue weighted by Gasteiger charge is 2.24. The fraction of sp³-hybridized carbons (Fsp3) is 0.500. The number of nitrogens with zero attached hydrogens (tertiary/aromatic N) is 3. The molecule has 0 bridgehead atoms. The summed E-state index contributed by atoms with van der Waals surface area (Å²) in [5.41, 5.74) is 0.570. The predicted molar refractivity (Wildman–Crippen MR) is 87.5 cm³/mol. The summed E-state index contributed by atoms with van der Waals surface area (Å²) < 4.78 is 2.36. The standard InChI is InChI=1S/C16H20N4O3/c1-9-8-17-13-11(15(22)20(3)16(23)19(13)2)12(9)18-14(21)10-6-4-5-7-10/h8,10H,4-7H2,1-3H3,(H,17,18,21). The van der Waals surface area contributed by atoms with Crippen molar-refractivity contribution < 1.29 is 4.79 Å². The van der Waals surface area contributed by atoms with Crippen LogP contribution in [-0.4, -0.2) is 20.0 Å². The summed E-state index contributed by atoms with van der Waals surface area (Å²) in [5.74, 6) is -0.0667. The van der Waals surface area contributed by atoms with Crippen molar-refractivity contribution in [1.82, 2.24) is 14.1 Å². The van der Waals surface area contributed by atoms with Crippen LogP contribution in [0.25, 0.3) is 11.0 Å². The molecule has 1 aliphatic carbocycles. The van der Waals surface area contributed by atoms with Gasteiger partial charge < -0.3 is 5.32 Å². The molecular formula is C16H20N4O3. The zero-order valence-electron chi connectivity index (χ0n) is 13.5. The fourth-order valence-corrected chi connectivity index (χ4v) is 3.20. The van der Waals surface area contributed by atoms with Crippen LogP contribution in [0.15, 0.2) is 15.8 Å². The van der Waals surface area contributed by atoms with Crippen molar-refractivity contribution in [2.45, 2.75) is 32.6 Å². The first-order valence-electron chi connectivity index (χ1n) is 7.78. The normalized spacial score (nSPS) is 15.3. The van der Waals surface area contributed by atoms with E-state index in [4.69, 9.17) is 0 Å². The van der Waals surface area contributed by atoms with Gasteiger partial charge in [0.05, 0.1) is 5.69 Å². The van der Waals surface area contributed by atoms with Crippen molar-refractivity contribution in [1.29, 1.82) is 0 Å². The number of anilines is 1. The van der Waals surface area contributed by atoms with E-state index in [1.807, 2.05) is 0 Å². The van der Waals surface area contributed by atoms with Crippen LogP contribution in [-0.2, 0) is 18.9 Å². The van der Waals surface area contributed by atoms with Crippen molar-refractivity contribution in [3.05, 3.63) is 32.6 Å². The second-order valence-corrected chi connectivity index (χ2v) is 6.19. The van der Waals surface area contributed by atoms with Gasteiger partial charge in [-0.25, -0.2) is 9.78 Å². The minimum Gasteiger partial charge on any atom is -0.325 e. The van der Waals surface area contributed by atoms with E-state index in [9.17, 15) is 14.4 Å². The zero-order valence-corrected chi connectivity index (χ0v) is 13.5. The van der Waals surface area contributed by atoms with Crippen LogP contribution >= 0.6 is 0 Å². The van der Waals surface area contributed by atoms with Crippen LogP contribution in [0.5, 0.6) is 0 Å². The average molecular weight is 316 g/mol. The number of aromatic nitrogens is 3. The van der Waals surface area contributed by atoms with Crippen LogP contribution in [0.2, 0.25) is 0 Å². The molecular weight excluding hydrogens is 296 g/mol. The first kappa shape index (κ1) is 15.5. The number of carbonyl (C=O) groups excluding carboxylic acids is 1. The van der Waals surface area contributed by atoms with E-state index in [2.05, 4.69) is 10.3 Å². The first-order chi connectivity index (χ1) is 10.9. The van der Waals surface area contributed by atoms with Crippen molar-refractivity contribution in [3.63, 3.8) is 0 Å². The van der Waals surface area contributed by atoms with Crippen LogP contribution in [0, 0.1) is 12.8 Å². The smallest absolute Gasteiger partial charge is 0.325 e. The molecule has 1 amide bonds. The molecule has 0 unspecified atom stereocenters. The molecule has 0 aliphatic heterocycles. The van der Waals surface area contributed by atoms with E-state index < -0.39 is 11.2 Å². The second kappa shape index (κ2) is 5.64. The van der Waals surface area contributed by atoms with Gasteiger partial charge in [0.1, 0.15) is 5.39 Å². The molecule has 1 aliphatic rings. The molecule has 0 spiro atoms. The maximum absolute atomic E-state index is 12.5. The largest absolute Gasteiger partial charge is 0.332 e. The van der Waals surface area contributed by atoms with Crippen LogP contribution in [0.1, 0.15) is 31.2 Å². The number of rotatable bonds is 2. The Morgan fingerprint density at radius 3 is 2.52 bits per heavy atom. The lowest BCUT2D eigenvalue weighted by molar-refractivity contribution is -0.119. The van der Waals surface area contributed by atoms with Gasteiger partial charge in [0.15, 0.2) is 5.65 Å². The van der Waals surface area contributed by atoms with Crippen LogP contribution in [0.4, 0.5) is 5.69 Å². The average Bonchev–Trinajstić information content (AvgIpc) is 3.07. The molecule has 1 fully saturated rings. The number of hydrogen-bond acceptors (Lipinski definition) is 4. The Morgan fingerprint density at radius 2 is 1.87 bits per heavy atom. The van der Waals surface area contributed by atoms with E-state index in [0.29, 0.717) is 11.3 Å². The molecule has 2 aromatic heterocycles. The molecule has 1 N–H and O–H groups in total. The van der Waals surface area contributed by atoms with Gasteiger partial charge in [-0.1, -0.05) is 12.8 Å². The highest BCUT2D eigenvalue weighted by atomic mass is 16.2. The molecule has 122 valence electrons. The number of nitrogens with one attached hydrogen (secondary N) is 1. The quantitative estimate of drug-likeness (QED) is 0.898. The van der Waals surface area contributed by atoms with Gasteiger partial charge in [0.2, 0.25) is 5.91 Å². The van der Waals surface area contributed by atoms with Crippen LogP contribution < -0.4 is 16.6 Å². The summed E-state index contributed by atoms with van der Waals surface area (Å²) in [4.78, 5) is 41.2. The van der Waals surface area contributed by atoms with E-state index in [-0.39, 0.29) is 22.9 Å². The maximum atomic E-state index is 12.5. The van der Waals surface area contributed by atoms with Crippen molar-refractivity contribution in [2.75, 3.05) is 5.32 Å². The molecule has 7 heteroatoms. The molecule has 23 heavy (non-hydrogen) atoms. The third kappa shape index (κ3) is 2.46. The van der Waals surface area contributed by atoms with E-state index in [1.54, 1.807) is 20.2 Å². The topological polar surface area (TPSA) is 86.0 Å². The lowest BCUT2D eigenvalue weighted by atomic mass is 10.1. The molecule has 0 atom stereocenters. The summed E-state index contributed by atoms with van der Waals surface area (Å²) in [6.07, 6.45) is 5.45. The third-order valence-corrected chi connectivity index (χ3v) is 4.63. The van der Waals surface area contributed by atoms with Crippen molar-refractivity contribution in [3.8, 4) is 0 Å². The molecule has 2 heterocycles. The van der Waals surface area contributed by atoms with E-state index >= 15 is 0 Å². The van der Waals surface area contributed by atoms with Gasteiger partial charge >= 0.3 is 5.69 Å². The highest BCUT2D eigenvalue weighted by Crippen LogP contribution is 2.28. The second-order valence-electron chi connectivity index (χ2n) is 6.19. The van der Waals surface area contributed by atoms with Gasteiger partial charge in [0, 0.05) is 26.2 Å². The molecule has 0 aromatic carbocycles. The van der Waals surface area contributed by atoms with Gasteiger partial charge in [-0.2, -0.15) is 0 Å². The Hall–Kier alpha value is -2.44. The molecule has 0 saturated heterocycles. The van der Waals surface area contributed by atoms with Crippen molar-refractivity contribution in [2.24, 2.45) is 20.0 Å². The number of hydrogen-bond donors (Lipinski definition) is 1. The Bertz CT molecular complexity index is 904. The fourth-order valence-electron chi connectivity index (χ4n) is 3.20. The number of amides is 1. The summed E-state index contributed by atoms with van der Waals surface area (Å²) >= 11 is 0. The summed E-state index contributed by atoms with van der Waals surface area (Å²) in [7, 11) is 2.99. The number of pyridine rings is 1.